The molecule has 5 nitrogen and oxygen atoms in total. The van der Waals surface area contributed by atoms with Gasteiger partial charge in [0.05, 0.1) is 0 Å². The van der Waals surface area contributed by atoms with Crippen LogP contribution < -0.4 is 10.2 Å². The van der Waals surface area contributed by atoms with Crippen LogP contribution in [0.25, 0.3) is 0 Å². The summed E-state index contributed by atoms with van der Waals surface area (Å²) in [6, 6.07) is 13.5. The highest BCUT2D eigenvalue weighted by Crippen LogP contribution is 2.20. The molecular weight excluding hydrogens is 350 g/mol. The van der Waals surface area contributed by atoms with Crippen LogP contribution in [-0.2, 0) is 9.59 Å². The summed E-state index contributed by atoms with van der Waals surface area (Å²) in [4.78, 5) is 28.5. The summed E-state index contributed by atoms with van der Waals surface area (Å²) in [5, 5.41) is 3.19. The predicted octanol–water partition coefficient (Wildman–Crippen LogP) is 3.24. The Labute approximate surface area is 158 Å². The first-order valence-corrected chi connectivity index (χ1v) is 9.00. The van der Waals surface area contributed by atoms with Crippen LogP contribution in [0.2, 0.25) is 5.02 Å². The molecule has 2 aromatic carbocycles. The van der Waals surface area contributed by atoms with E-state index in [2.05, 4.69) is 35.3 Å². The number of carbonyl (C=O) groups is 2. The van der Waals surface area contributed by atoms with E-state index in [9.17, 15) is 9.59 Å². The summed E-state index contributed by atoms with van der Waals surface area (Å²) in [6.45, 7) is 6.40. The highest BCUT2D eigenvalue weighted by Gasteiger charge is 2.26. The number of nitrogens with one attached hydrogen (secondary N) is 1. The summed E-state index contributed by atoms with van der Waals surface area (Å²) in [6.07, 6.45) is 0. The molecule has 1 aliphatic heterocycles. The third-order valence-corrected chi connectivity index (χ3v) is 4.96. The van der Waals surface area contributed by atoms with E-state index < -0.39 is 11.8 Å². The number of halogens is 1. The normalized spacial score (nSPS) is 14.3. The topological polar surface area (TPSA) is 52.7 Å². The van der Waals surface area contributed by atoms with Gasteiger partial charge in [0, 0.05) is 42.6 Å². The van der Waals surface area contributed by atoms with E-state index in [1.807, 2.05) is 19.1 Å². The maximum atomic E-state index is 12.4. The molecule has 6 heteroatoms. The quantitative estimate of drug-likeness (QED) is 0.824. The van der Waals surface area contributed by atoms with Crippen LogP contribution in [0.1, 0.15) is 11.1 Å². The molecule has 1 N–H and O–H groups in total. The van der Waals surface area contributed by atoms with E-state index in [1.165, 1.54) is 5.56 Å². The van der Waals surface area contributed by atoms with Crippen molar-refractivity contribution >= 4 is 34.8 Å². The lowest BCUT2D eigenvalue weighted by molar-refractivity contribution is -0.143. The zero-order chi connectivity index (χ0) is 18.7. The molecule has 1 aliphatic rings. The number of piperazine rings is 1. The number of nitrogens with zero attached hydrogens (tertiary/aromatic N) is 2. The van der Waals surface area contributed by atoms with Crippen molar-refractivity contribution in [3.05, 3.63) is 58.6 Å². The third-order valence-electron chi connectivity index (χ3n) is 4.56. The monoisotopic (exact) mass is 371 g/mol. The molecule has 0 spiro atoms. The lowest BCUT2D eigenvalue weighted by Crippen LogP contribution is -2.51. The van der Waals surface area contributed by atoms with Crippen LogP contribution in [0.4, 0.5) is 11.4 Å². The van der Waals surface area contributed by atoms with Crippen molar-refractivity contribution in [3.8, 4) is 0 Å². The Morgan fingerprint density at radius 2 is 1.73 bits per heavy atom. The minimum absolute atomic E-state index is 0.509. The average Bonchev–Trinajstić information content (AvgIpc) is 2.64. The molecule has 2 aromatic rings. The Morgan fingerprint density at radius 3 is 2.38 bits per heavy atom. The maximum absolute atomic E-state index is 12.4. The summed E-state index contributed by atoms with van der Waals surface area (Å²) in [5.41, 5.74) is 3.80. The minimum Gasteiger partial charge on any atom is -0.368 e. The number of amides is 2. The average molecular weight is 372 g/mol. The summed E-state index contributed by atoms with van der Waals surface area (Å²) >= 11 is 6.06. The van der Waals surface area contributed by atoms with Crippen molar-refractivity contribution in [1.82, 2.24) is 4.90 Å². The highest BCUT2D eigenvalue weighted by molar-refractivity contribution is 6.39. The van der Waals surface area contributed by atoms with Crippen molar-refractivity contribution in [2.45, 2.75) is 13.8 Å². The number of hydrogen-bond donors (Lipinski definition) is 1. The molecule has 0 atom stereocenters. The Bertz CT molecular complexity index is 830. The molecule has 0 unspecified atom stereocenters. The second kappa shape index (κ2) is 7.79. The second-order valence-electron chi connectivity index (χ2n) is 6.54. The highest BCUT2D eigenvalue weighted by atomic mass is 35.5. The largest absolute Gasteiger partial charge is 0.368 e. The number of rotatable bonds is 2. The van der Waals surface area contributed by atoms with Crippen LogP contribution in [0, 0.1) is 13.8 Å². The number of aryl methyl sites for hydroxylation is 2. The fraction of sp³-hybridized carbons (Fsp3) is 0.300. The molecule has 1 heterocycles. The van der Waals surface area contributed by atoms with Crippen LogP contribution in [0.3, 0.4) is 0 Å². The van der Waals surface area contributed by atoms with Crippen LogP contribution in [-0.4, -0.2) is 42.9 Å². The Balaban J connectivity index is 1.57. The Kier molecular flexibility index (Phi) is 5.47. The van der Waals surface area contributed by atoms with E-state index >= 15 is 0 Å². The Hall–Kier alpha value is -2.53. The third kappa shape index (κ3) is 4.17. The molecule has 2 amide bonds. The fourth-order valence-electron chi connectivity index (χ4n) is 2.99. The van der Waals surface area contributed by atoms with Crippen LogP contribution in [0.5, 0.6) is 0 Å². The molecule has 0 aliphatic carbocycles. The molecule has 1 fully saturated rings. The lowest BCUT2D eigenvalue weighted by atomic mass is 10.2. The van der Waals surface area contributed by atoms with E-state index in [0.717, 1.165) is 11.3 Å². The Morgan fingerprint density at radius 1 is 1.00 bits per heavy atom. The van der Waals surface area contributed by atoms with E-state index in [-0.39, 0.29) is 0 Å². The van der Waals surface area contributed by atoms with Crippen molar-refractivity contribution < 1.29 is 9.59 Å². The summed E-state index contributed by atoms with van der Waals surface area (Å²) < 4.78 is 0. The van der Waals surface area contributed by atoms with E-state index in [1.54, 1.807) is 17.0 Å². The van der Waals surface area contributed by atoms with Gasteiger partial charge in [-0.3, -0.25) is 9.59 Å². The van der Waals surface area contributed by atoms with Gasteiger partial charge in [-0.25, -0.2) is 0 Å². The van der Waals surface area contributed by atoms with Gasteiger partial charge < -0.3 is 15.1 Å². The van der Waals surface area contributed by atoms with Gasteiger partial charge in [-0.1, -0.05) is 29.8 Å². The van der Waals surface area contributed by atoms with Gasteiger partial charge >= 0.3 is 11.8 Å². The van der Waals surface area contributed by atoms with Gasteiger partial charge in [0.1, 0.15) is 0 Å². The van der Waals surface area contributed by atoms with Crippen molar-refractivity contribution in [1.29, 1.82) is 0 Å². The first-order chi connectivity index (χ1) is 12.4. The van der Waals surface area contributed by atoms with Gasteiger partial charge in [0.2, 0.25) is 0 Å². The maximum Gasteiger partial charge on any atom is 0.313 e. The molecule has 26 heavy (non-hydrogen) atoms. The van der Waals surface area contributed by atoms with Gasteiger partial charge in [-0.2, -0.15) is 0 Å². The van der Waals surface area contributed by atoms with Crippen molar-refractivity contribution in [2.24, 2.45) is 0 Å². The lowest BCUT2D eigenvalue weighted by Gasteiger charge is -2.35. The zero-order valence-electron chi connectivity index (χ0n) is 15.0. The zero-order valence-corrected chi connectivity index (χ0v) is 15.7. The number of anilines is 2. The number of benzene rings is 2. The second-order valence-corrected chi connectivity index (χ2v) is 6.94. The molecule has 0 radical (unpaired) electrons. The molecular formula is C20H22ClN3O2. The predicted molar refractivity (Wildman–Crippen MR) is 105 cm³/mol. The molecule has 0 saturated carbocycles. The molecule has 0 bridgehead atoms. The van der Waals surface area contributed by atoms with Gasteiger partial charge in [0.25, 0.3) is 0 Å². The van der Waals surface area contributed by atoms with E-state index in [4.69, 9.17) is 11.6 Å². The van der Waals surface area contributed by atoms with Gasteiger partial charge in [0.15, 0.2) is 0 Å². The van der Waals surface area contributed by atoms with Gasteiger partial charge in [-0.15, -0.1) is 0 Å². The molecule has 136 valence electrons. The van der Waals surface area contributed by atoms with E-state index in [0.29, 0.717) is 36.9 Å². The smallest absolute Gasteiger partial charge is 0.313 e. The number of hydrogen-bond acceptors (Lipinski definition) is 3. The van der Waals surface area contributed by atoms with Crippen LogP contribution >= 0.6 is 11.6 Å². The number of carbonyl (C=O) groups excluding carboxylic acids is 2. The first-order valence-electron chi connectivity index (χ1n) is 8.62. The standard InChI is InChI=1S/C20H22ClN3O2/c1-14-4-3-5-17(12-14)23-8-10-24(11-9-23)20(26)19(25)22-16-7-6-15(2)18(21)13-16/h3-7,12-13H,8-11H2,1-2H3,(H,22,25). The summed E-state index contributed by atoms with van der Waals surface area (Å²) in [5.74, 6) is -1.14. The first kappa shape index (κ1) is 18.3. The molecule has 3 rings (SSSR count). The molecule has 0 aromatic heterocycles. The fourth-order valence-corrected chi connectivity index (χ4v) is 3.17. The van der Waals surface area contributed by atoms with Crippen molar-refractivity contribution in [2.75, 3.05) is 36.4 Å². The van der Waals surface area contributed by atoms with Crippen LogP contribution in [0.15, 0.2) is 42.5 Å². The van der Waals surface area contributed by atoms with Gasteiger partial charge in [-0.05, 0) is 49.2 Å². The molecule has 1 saturated heterocycles. The van der Waals surface area contributed by atoms with Crippen molar-refractivity contribution in [3.63, 3.8) is 0 Å². The SMILES string of the molecule is Cc1cccc(N2CCN(C(=O)C(=O)Nc3ccc(C)c(Cl)c3)CC2)c1. The summed E-state index contributed by atoms with van der Waals surface area (Å²) in [7, 11) is 0. The minimum atomic E-state index is -0.631.